The average Bonchev–Trinajstić information content (AvgIpc) is 3.01. The molecule has 0 saturated carbocycles. The highest BCUT2D eigenvalue weighted by Gasteiger charge is 2.09. The van der Waals surface area contributed by atoms with Crippen molar-refractivity contribution in [1.29, 1.82) is 0 Å². The number of rotatable bonds is 5. The Balaban J connectivity index is 1.65. The first-order chi connectivity index (χ1) is 11.6. The van der Waals surface area contributed by atoms with Crippen molar-refractivity contribution in [2.45, 2.75) is 12.1 Å². The number of carbonyl (C=O) groups excluding carboxylic acids is 1. The van der Waals surface area contributed by atoms with Gasteiger partial charge in [0.25, 0.3) is 0 Å². The molecule has 0 aliphatic rings. The van der Waals surface area contributed by atoms with Gasteiger partial charge in [0.05, 0.1) is 5.75 Å². The monoisotopic (exact) mass is 357 g/mol. The Morgan fingerprint density at radius 1 is 1.25 bits per heavy atom. The smallest absolute Gasteiger partial charge is 0.234 e. The first-order valence-electron chi connectivity index (χ1n) is 7.40. The van der Waals surface area contributed by atoms with Crippen molar-refractivity contribution in [3.05, 3.63) is 71.5 Å². The van der Waals surface area contributed by atoms with Gasteiger partial charge in [0.15, 0.2) is 5.16 Å². The number of benzene rings is 2. The van der Waals surface area contributed by atoms with Gasteiger partial charge in [-0.25, -0.2) is 4.98 Å². The molecule has 0 aliphatic heterocycles. The van der Waals surface area contributed by atoms with E-state index < -0.39 is 0 Å². The number of halogens is 1. The van der Waals surface area contributed by atoms with Crippen LogP contribution in [0.5, 0.6) is 0 Å². The zero-order valence-corrected chi connectivity index (χ0v) is 14.6. The molecule has 0 spiro atoms. The molecule has 4 nitrogen and oxygen atoms in total. The van der Waals surface area contributed by atoms with E-state index in [2.05, 4.69) is 10.3 Å². The van der Waals surface area contributed by atoms with Crippen LogP contribution in [0.1, 0.15) is 5.56 Å². The van der Waals surface area contributed by atoms with E-state index in [0.717, 1.165) is 22.1 Å². The molecule has 24 heavy (non-hydrogen) atoms. The third-order valence-electron chi connectivity index (χ3n) is 3.33. The Bertz CT molecular complexity index is 863. The van der Waals surface area contributed by atoms with Crippen LogP contribution in [0.25, 0.3) is 5.69 Å². The molecule has 1 aromatic heterocycles. The number of anilines is 1. The van der Waals surface area contributed by atoms with Crippen LogP contribution in [0.3, 0.4) is 0 Å². The quantitative estimate of drug-likeness (QED) is 0.680. The lowest BCUT2D eigenvalue weighted by Crippen LogP contribution is -2.14. The number of thioether (sulfide) groups is 1. The fourth-order valence-electron chi connectivity index (χ4n) is 2.27. The van der Waals surface area contributed by atoms with E-state index in [4.69, 9.17) is 11.6 Å². The zero-order valence-electron chi connectivity index (χ0n) is 13.1. The molecule has 0 atom stereocenters. The van der Waals surface area contributed by atoms with E-state index in [1.54, 1.807) is 6.20 Å². The van der Waals surface area contributed by atoms with Gasteiger partial charge < -0.3 is 5.32 Å². The minimum absolute atomic E-state index is 0.0637. The highest BCUT2D eigenvalue weighted by atomic mass is 35.5. The number of hydrogen-bond acceptors (Lipinski definition) is 3. The number of amides is 1. The second-order valence-corrected chi connectivity index (χ2v) is 6.64. The molecule has 0 unspecified atom stereocenters. The molecule has 1 amide bonds. The summed E-state index contributed by atoms with van der Waals surface area (Å²) in [6, 6.07) is 15.2. The van der Waals surface area contributed by atoms with Crippen molar-refractivity contribution in [2.24, 2.45) is 0 Å². The van der Waals surface area contributed by atoms with Gasteiger partial charge >= 0.3 is 0 Å². The summed E-state index contributed by atoms with van der Waals surface area (Å²) in [4.78, 5) is 16.4. The number of carbonyl (C=O) groups is 1. The molecular formula is C18H16ClN3OS. The molecule has 6 heteroatoms. The van der Waals surface area contributed by atoms with Crippen LogP contribution < -0.4 is 5.32 Å². The summed E-state index contributed by atoms with van der Waals surface area (Å²) in [5.74, 6) is 0.220. The van der Waals surface area contributed by atoms with Crippen LogP contribution in [0, 0.1) is 6.92 Å². The van der Waals surface area contributed by atoms with Crippen LogP contribution in [-0.4, -0.2) is 21.2 Å². The molecule has 0 saturated heterocycles. The summed E-state index contributed by atoms with van der Waals surface area (Å²) < 4.78 is 1.91. The molecule has 3 aromatic rings. The third kappa shape index (κ3) is 4.19. The highest BCUT2D eigenvalue weighted by Crippen LogP contribution is 2.22. The van der Waals surface area contributed by atoms with Crippen LogP contribution in [0.2, 0.25) is 5.02 Å². The van der Waals surface area contributed by atoms with Crippen molar-refractivity contribution < 1.29 is 4.79 Å². The molecular weight excluding hydrogens is 342 g/mol. The lowest BCUT2D eigenvalue weighted by molar-refractivity contribution is -0.113. The molecule has 0 fully saturated rings. The minimum Gasteiger partial charge on any atom is -0.325 e. The van der Waals surface area contributed by atoms with Crippen LogP contribution in [0.4, 0.5) is 5.69 Å². The van der Waals surface area contributed by atoms with E-state index in [9.17, 15) is 4.79 Å². The maximum Gasteiger partial charge on any atom is 0.234 e. The largest absolute Gasteiger partial charge is 0.325 e. The zero-order chi connectivity index (χ0) is 16.9. The second-order valence-electron chi connectivity index (χ2n) is 5.27. The van der Waals surface area contributed by atoms with Crippen molar-refractivity contribution in [1.82, 2.24) is 9.55 Å². The van der Waals surface area contributed by atoms with Crippen molar-refractivity contribution in [3.63, 3.8) is 0 Å². The Morgan fingerprint density at radius 2 is 2.08 bits per heavy atom. The topological polar surface area (TPSA) is 46.9 Å². The Labute approximate surface area is 149 Å². The van der Waals surface area contributed by atoms with Gasteiger partial charge in [-0.3, -0.25) is 9.36 Å². The number of nitrogens with zero attached hydrogens (tertiary/aromatic N) is 2. The molecule has 2 aromatic carbocycles. The lowest BCUT2D eigenvalue weighted by Gasteiger charge is -2.08. The van der Waals surface area contributed by atoms with E-state index in [-0.39, 0.29) is 11.7 Å². The predicted octanol–water partition coefficient (Wildman–Crippen LogP) is 4.56. The lowest BCUT2D eigenvalue weighted by atomic mass is 10.2. The van der Waals surface area contributed by atoms with Gasteiger partial charge in [0.2, 0.25) is 5.91 Å². The normalized spacial score (nSPS) is 10.6. The SMILES string of the molecule is Cc1cccc(NC(=O)CSc2nccn2-c2cccc(Cl)c2)c1. The van der Waals surface area contributed by atoms with E-state index >= 15 is 0 Å². The molecule has 0 aliphatic carbocycles. The van der Waals surface area contributed by atoms with Gasteiger partial charge in [0, 0.05) is 28.8 Å². The van der Waals surface area contributed by atoms with Crippen molar-refractivity contribution >= 4 is 35.0 Å². The Hall–Kier alpha value is -2.24. The predicted molar refractivity (Wildman–Crippen MR) is 99.1 cm³/mol. The number of hydrogen-bond donors (Lipinski definition) is 1. The standard InChI is InChI=1S/C18H16ClN3OS/c1-13-4-2-6-15(10-13)21-17(23)12-24-18-20-8-9-22(18)16-7-3-5-14(19)11-16/h2-11H,12H2,1H3,(H,21,23). The molecule has 1 N–H and O–H groups in total. The van der Waals surface area contributed by atoms with Crippen LogP contribution >= 0.6 is 23.4 Å². The van der Waals surface area contributed by atoms with Crippen LogP contribution in [-0.2, 0) is 4.79 Å². The first kappa shape index (κ1) is 16.6. The van der Waals surface area contributed by atoms with Gasteiger partial charge in [-0.15, -0.1) is 0 Å². The number of aromatic nitrogens is 2. The Morgan fingerprint density at radius 3 is 2.88 bits per heavy atom. The first-order valence-corrected chi connectivity index (χ1v) is 8.77. The summed E-state index contributed by atoms with van der Waals surface area (Å²) in [6.45, 7) is 1.99. The van der Waals surface area contributed by atoms with Gasteiger partial charge in [0.1, 0.15) is 0 Å². The Kier molecular flexibility index (Phi) is 5.23. The van der Waals surface area contributed by atoms with E-state index in [1.807, 2.05) is 66.2 Å². The fraction of sp³-hybridized carbons (Fsp3) is 0.111. The molecule has 0 radical (unpaired) electrons. The molecule has 122 valence electrons. The van der Waals surface area contributed by atoms with Gasteiger partial charge in [-0.1, -0.05) is 41.6 Å². The summed E-state index contributed by atoms with van der Waals surface area (Å²) in [6.07, 6.45) is 3.56. The number of nitrogens with one attached hydrogen (secondary N) is 1. The van der Waals surface area contributed by atoms with E-state index in [1.165, 1.54) is 11.8 Å². The van der Waals surface area contributed by atoms with E-state index in [0.29, 0.717) is 5.02 Å². The maximum atomic E-state index is 12.1. The third-order valence-corrected chi connectivity index (χ3v) is 4.53. The molecule has 1 heterocycles. The summed E-state index contributed by atoms with van der Waals surface area (Å²) in [5.41, 5.74) is 2.83. The number of imidazole rings is 1. The van der Waals surface area contributed by atoms with Crippen LogP contribution in [0.15, 0.2) is 66.1 Å². The van der Waals surface area contributed by atoms with Gasteiger partial charge in [-0.05, 0) is 42.8 Å². The number of aryl methyl sites for hydroxylation is 1. The van der Waals surface area contributed by atoms with Gasteiger partial charge in [-0.2, -0.15) is 0 Å². The van der Waals surface area contributed by atoms with Crippen molar-refractivity contribution in [2.75, 3.05) is 11.1 Å². The fourth-order valence-corrected chi connectivity index (χ4v) is 3.23. The summed E-state index contributed by atoms with van der Waals surface area (Å²) in [7, 11) is 0. The summed E-state index contributed by atoms with van der Waals surface area (Å²) >= 11 is 7.42. The minimum atomic E-state index is -0.0637. The average molecular weight is 358 g/mol. The highest BCUT2D eigenvalue weighted by molar-refractivity contribution is 7.99. The molecule has 0 bridgehead atoms. The maximum absolute atomic E-state index is 12.1. The summed E-state index contributed by atoms with van der Waals surface area (Å²) in [5, 5.41) is 4.30. The molecule has 3 rings (SSSR count). The van der Waals surface area contributed by atoms with Crippen molar-refractivity contribution in [3.8, 4) is 5.69 Å². The second kappa shape index (κ2) is 7.55.